The van der Waals surface area contributed by atoms with Crippen molar-refractivity contribution in [1.29, 1.82) is 0 Å². The number of nitro benzene ring substituents is 1. The van der Waals surface area contributed by atoms with Gasteiger partial charge >= 0.3 is 0 Å². The van der Waals surface area contributed by atoms with Gasteiger partial charge in [-0.1, -0.05) is 0 Å². The van der Waals surface area contributed by atoms with Gasteiger partial charge in [-0.2, -0.15) is 0 Å². The molecule has 0 saturated heterocycles. The Bertz CT molecular complexity index is 383. The molecule has 0 aliphatic heterocycles. The Morgan fingerprint density at radius 1 is 1.53 bits per heavy atom. The molecule has 15 heavy (non-hydrogen) atoms. The van der Waals surface area contributed by atoms with Crippen LogP contribution in [0.1, 0.15) is 24.1 Å². The Morgan fingerprint density at radius 3 is 2.47 bits per heavy atom. The van der Waals surface area contributed by atoms with E-state index in [1.165, 1.54) is 19.1 Å². The Labute approximate surface area is 92.8 Å². The van der Waals surface area contributed by atoms with Crippen molar-refractivity contribution >= 4 is 18.1 Å². The highest BCUT2D eigenvalue weighted by molar-refractivity contribution is 5.85. The van der Waals surface area contributed by atoms with E-state index in [0.29, 0.717) is 0 Å². The van der Waals surface area contributed by atoms with Gasteiger partial charge in [0.15, 0.2) is 0 Å². The molecule has 1 aromatic rings. The molecular formula is C9H12ClFN2O2. The molecular weight excluding hydrogens is 223 g/mol. The highest BCUT2D eigenvalue weighted by Crippen LogP contribution is 2.24. The van der Waals surface area contributed by atoms with Crippen molar-refractivity contribution in [2.24, 2.45) is 5.73 Å². The molecule has 0 aromatic heterocycles. The first kappa shape index (κ1) is 13.8. The molecule has 2 N–H and O–H groups in total. The lowest BCUT2D eigenvalue weighted by Crippen LogP contribution is -2.09. The lowest BCUT2D eigenvalue weighted by atomic mass is 10.0. The maximum atomic E-state index is 13.4. The molecule has 0 amide bonds. The predicted molar refractivity (Wildman–Crippen MR) is 57.6 cm³/mol. The third kappa shape index (κ3) is 2.87. The smallest absolute Gasteiger partial charge is 0.270 e. The molecule has 0 radical (unpaired) electrons. The minimum absolute atomic E-state index is 0. The van der Waals surface area contributed by atoms with E-state index in [1.54, 1.807) is 6.92 Å². The fourth-order valence-corrected chi connectivity index (χ4v) is 1.21. The van der Waals surface area contributed by atoms with Gasteiger partial charge in [-0.05, 0) is 19.4 Å². The van der Waals surface area contributed by atoms with Gasteiger partial charge in [0, 0.05) is 23.7 Å². The van der Waals surface area contributed by atoms with Crippen molar-refractivity contribution in [3.63, 3.8) is 0 Å². The fraction of sp³-hybridized carbons (Fsp3) is 0.333. The van der Waals surface area contributed by atoms with Crippen molar-refractivity contribution in [2.45, 2.75) is 19.9 Å². The number of nitrogens with zero attached hydrogens (tertiary/aromatic N) is 1. The van der Waals surface area contributed by atoms with E-state index >= 15 is 0 Å². The molecule has 1 aromatic carbocycles. The zero-order valence-electron chi connectivity index (χ0n) is 8.36. The Hall–Kier alpha value is -1.20. The second-order valence-corrected chi connectivity index (χ2v) is 3.21. The zero-order valence-corrected chi connectivity index (χ0v) is 9.18. The zero-order chi connectivity index (χ0) is 10.9. The van der Waals surface area contributed by atoms with Gasteiger partial charge in [-0.25, -0.2) is 4.39 Å². The average molecular weight is 235 g/mol. The van der Waals surface area contributed by atoms with Crippen LogP contribution in [0.25, 0.3) is 0 Å². The molecule has 0 fully saturated rings. The minimum atomic E-state index is -0.557. The maximum absolute atomic E-state index is 13.4. The van der Waals surface area contributed by atoms with Crippen LogP contribution in [0.2, 0.25) is 0 Å². The van der Waals surface area contributed by atoms with Crippen LogP contribution >= 0.6 is 12.4 Å². The molecule has 1 atom stereocenters. The van der Waals surface area contributed by atoms with Crippen LogP contribution in [0.4, 0.5) is 10.1 Å². The first-order chi connectivity index (χ1) is 6.43. The normalized spacial score (nSPS) is 11.7. The fourth-order valence-electron chi connectivity index (χ4n) is 1.21. The standard InChI is InChI=1S/C9H11FN2O2.ClH/c1-5-3-7(12(13)14)4-8(6(2)11)9(5)10;/h3-4,6H,11H2,1-2H3;1H. The van der Waals surface area contributed by atoms with Crippen LogP contribution in [0.5, 0.6) is 0 Å². The Kier molecular flexibility index (Phi) is 4.64. The van der Waals surface area contributed by atoms with Gasteiger partial charge in [0.2, 0.25) is 0 Å². The summed E-state index contributed by atoms with van der Waals surface area (Å²) < 4.78 is 13.4. The number of non-ortho nitro benzene ring substituents is 1. The molecule has 0 saturated carbocycles. The quantitative estimate of drug-likeness (QED) is 0.631. The molecule has 0 spiro atoms. The summed E-state index contributed by atoms with van der Waals surface area (Å²) in [5, 5.41) is 10.5. The second kappa shape index (κ2) is 5.04. The summed E-state index contributed by atoms with van der Waals surface area (Å²) in [5.41, 5.74) is 5.78. The van der Waals surface area contributed by atoms with E-state index in [0.717, 1.165) is 0 Å². The van der Waals surface area contributed by atoms with Gasteiger partial charge in [-0.3, -0.25) is 10.1 Å². The van der Waals surface area contributed by atoms with E-state index in [-0.39, 0.29) is 29.2 Å². The summed E-state index contributed by atoms with van der Waals surface area (Å²) in [6.45, 7) is 3.07. The maximum Gasteiger partial charge on any atom is 0.270 e. The van der Waals surface area contributed by atoms with Crippen LogP contribution in [0.15, 0.2) is 12.1 Å². The lowest BCUT2D eigenvalue weighted by molar-refractivity contribution is -0.385. The summed E-state index contributed by atoms with van der Waals surface area (Å²) in [6.07, 6.45) is 0. The number of rotatable bonds is 2. The first-order valence-electron chi connectivity index (χ1n) is 4.13. The van der Waals surface area contributed by atoms with E-state index in [2.05, 4.69) is 0 Å². The van der Waals surface area contributed by atoms with Gasteiger partial charge in [-0.15, -0.1) is 12.4 Å². The summed E-state index contributed by atoms with van der Waals surface area (Å²) >= 11 is 0. The van der Waals surface area contributed by atoms with Crippen molar-refractivity contribution in [3.05, 3.63) is 39.2 Å². The number of hydrogen-bond donors (Lipinski definition) is 1. The molecule has 0 bridgehead atoms. The van der Waals surface area contributed by atoms with Crippen LogP contribution < -0.4 is 5.73 Å². The highest BCUT2D eigenvalue weighted by atomic mass is 35.5. The molecule has 1 rings (SSSR count). The molecule has 0 aliphatic rings. The van der Waals surface area contributed by atoms with E-state index < -0.39 is 16.8 Å². The van der Waals surface area contributed by atoms with Crippen LogP contribution in [0, 0.1) is 22.9 Å². The van der Waals surface area contributed by atoms with Crippen LogP contribution in [-0.4, -0.2) is 4.92 Å². The van der Waals surface area contributed by atoms with Gasteiger partial charge in [0.1, 0.15) is 5.82 Å². The number of nitro groups is 1. The molecule has 0 heterocycles. The number of aryl methyl sites for hydroxylation is 1. The summed E-state index contributed by atoms with van der Waals surface area (Å²) in [6, 6.07) is 1.82. The number of halogens is 2. The van der Waals surface area contributed by atoms with Crippen molar-refractivity contribution in [3.8, 4) is 0 Å². The van der Waals surface area contributed by atoms with Gasteiger partial charge < -0.3 is 5.73 Å². The summed E-state index contributed by atoms with van der Waals surface area (Å²) in [7, 11) is 0. The summed E-state index contributed by atoms with van der Waals surface area (Å²) in [4.78, 5) is 9.92. The van der Waals surface area contributed by atoms with Crippen molar-refractivity contribution in [1.82, 2.24) is 0 Å². The third-order valence-electron chi connectivity index (χ3n) is 1.97. The van der Waals surface area contributed by atoms with Crippen LogP contribution in [-0.2, 0) is 0 Å². The van der Waals surface area contributed by atoms with Crippen molar-refractivity contribution in [2.75, 3.05) is 0 Å². The molecule has 0 aliphatic carbocycles. The third-order valence-corrected chi connectivity index (χ3v) is 1.97. The van der Waals surface area contributed by atoms with Gasteiger partial charge in [0.05, 0.1) is 4.92 Å². The Morgan fingerprint density at radius 2 is 2.07 bits per heavy atom. The lowest BCUT2D eigenvalue weighted by Gasteiger charge is -2.08. The SMILES string of the molecule is Cc1cc([N+](=O)[O-])cc(C(C)N)c1F.Cl. The van der Waals surface area contributed by atoms with Crippen molar-refractivity contribution < 1.29 is 9.31 Å². The second-order valence-electron chi connectivity index (χ2n) is 3.21. The molecule has 6 heteroatoms. The Balaban J connectivity index is 0.00000196. The average Bonchev–Trinajstić information content (AvgIpc) is 2.08. The van der Waals surface area contributed by atoms with Gasteiger partial charge in [0.25, 0.3) is 5.69 Å². The van der Waals surface area contributed by atoms with E-state index in [4.69, 9.17) is 5.73 Å². The van der Waals surface area contributed by atoms with E-state index in [1.807, 2.05) is 0 Å². The minimum Gasteiger partial charge on any atom is -0.324 e. The summed E-state index contributed by atoms with van der Waals surface area (Å²) in [5.74, 6) is -0.467. The number of hydrogen-bond acceptors (Lipinski definition) is 3. The van der Waals surface area contributed by atoms with Crippen LogP contribution in [0.3, 0.4) is 0 Å². The molecule has 4 nitrogen and oxygen atoms in total. The largest absolute Gasteiger partial charge is 0.324 e. The monoisotopic (exact) mass is 234 g/mol. The topological polar surface area (TPSA) is 69.2 Å². The first-order valence-corrected chi connectivity index (χ1v) is 4.13. The predicted octanol–water partition coefficient (Wildman–Crippen LogP) is 2.48. The molecule has 84 valence electrons. The van der Waals surface area contributed by atoms with E-state index in [9.17, 15) is 14.5 Å². The number of benzene rings is 1. The molecule has 1 unspecified atom stereocenters. The number of nitrogens with two attached hydrogens (primary N) is 1. The highest BCUT2D eigenvalue weighted by Gasteiger charge is 2.16.